The van der Waals surface area contributed by atoms with Crippen LogP contribution < -0.4 is 4.74 Å². The summed E-state index contributed by atoms with van der Waals surface area (Å²) in [6.45, 7) is 2.04. The number of ketones is 1. The molecule has 0 aliphatic heterocycles. The number of carbonyl (C=O) groups excluding carboxylic acids is 1. The van der Waals surface area contributed by atoms with Crippen LogP contribution in [0.3, 0.4) is 0 Å². The first-order valence-electron chi connectivity index (χ1n) is 5.51. The molecule has 0 bridgehead atoms. The highest BCUT2D eigenvalue weighted by Crippen LogP contribution is 2.18. The Balaban J connectivity index is 2.61. The van der Waals surface area contributed by atoms with Gasteiger partial charge in [0.05, 0.1) is 7.11 Å². The summed E-state index contributed by atoms with van der Waals surface area (Å²) < 4.78 is 18.1. The van der Waals surface area contributed by atoms with Gasteiger partial charge in [-0.2, -0.15) is 0 Å². The Morgan fingerprint density at radius 2 is 2.19 bits per heavy atom. The van der Waals surface area contributed by atoms with Crippen molar-refractivity contribution in [2.45, 2.75) is 32.6 Å². The van der Waals surface area contributed by atoms with Crippen molar-refractivity contribution in [3.8, 4) is 5.75 Å². The van der Waals surface area contributed by atoms with E-state index < -0.39 is 5.82 Å². The number of carbonyl (C=O) groups is 1. The molecule has 1 aromatic rings. The summed E-state index contributed by atoms with van der Waals surface area (Å²) in [5, 5.41) is 0. The molecule has 2 nitrogen and oxygen atoms in total. The maximum atomic E-state index is 13.3. The maximum Gasteiger partial charge on any atom is 0.165 e. The number of Topliss-reactive ketones (excluding diaryl/α,β-unsaturated/α-hetero) is 1. The van der Waals surface area contributed by atoms with Gasteiger partial charge in [-0.15, -0.1) is 0 Å². The zero-order chi connectivity index (χ0) is 12.0. The zero-order valence-corrected chi connectivity index (χ0v) is 9.75. The van der Waals surface area contributed by atoms with E-state index in [1.54, 1.807) is 12.1 Å². The normalized spacial score (nSPS) is 10.2. The summed E-state index contributed by atoms with van der Waals surface area (Å²) in [5.41, 5.74) is 0.708. The number of benzene rings is 1. The van der Waals surface area contributed by atoms with Crippen molar-refractivity contribution >= 4 is 5.78 Å². The van der Waals surface area contributed by atoms with Gasteiger partial charge in [0.1, 0.15) is 5.78 Å². The maximum absolute atomic E-state index is 13.3. The van der Waals surface area contributed by atoms with E-state index in [0.29, 0.717) is 18.4 Å². The highest BCUT2D eigenvalue weighted by atomic mass is 19.1. The van der Waals surface area contributed by atoms with Gasteiger partial charge < -0.3 is 4.74 Å². The van der Waals surface area contributed by atoms with E-state index in [-0.39, 0.29) is 11.5 Å². The van der Waals surface area contributed by atoms with E-state index in [1.165, 1.54) is 13.2 Å². The fourth-order valence-corrected chi connectivity index (χ4v) is 1.51. The Hall–Kier alpha value is -1.38. The molecule has 88 valence electrons. The number of methoxy groups -OCH3 is 1. The Morgan fingerprint density at radius 3 is 2.75 bits per heavy atom. The van der Waals surface area contributed by atoms with Crippen LogP contribution in [0.2, 0.25) is 0 Å². The van der Waals surface area contributed by atoms with Gasteiger partial charge in [-0.3, -0.25) is 4.79 Å². The first-order valence-corrected chi connectivity index (χ1v) is 5.51. The van der Waals surface area contributed by atoms with Crippen LogP contribution in [-0.2, 0) is 11.2 Å². The number of ether oxygens (including phenoxy) is 1. The van der Waals surface area contributed by atoms with Crippen LogP contribution in [0.15, 0.2) is 18.2 Å². The lowest BCUT2D eigenvalue weighted by Crippen LogP contribution is -2.03. The highest BCUT2D eigenvalue weighted by molar-refractivity contribution is 5.80. The molecule has 0 radical (unpaired) electrons. The molecule has 0 fully saturated rings. The molecule has 0 amide bonds. The standard InChI is InChI=1S/C13H17FO2/c1-3-4-5-11(15)8-10-6-7-13(16-2)12(14)9-10/h6-7,9H,3-5,8H2,1-2H3. The SMILES string of the molecule is CCCCC(=O)Cc1ccc(OC)c(F)c1. The third-order valence-electron chi connectivity index (χ3n) is 2.43. The van der Waals surface area contributed by atoms with Crippen LogP contribution in [-0.4, -0.2) is 12.9 Å². The fraction of sp³-hybridized carbons (Fsp3) is 0.462. The highest BCUT2D eigenvalue weighted by Gasteiger charge is 2.07. The molecule has 0 atom stereocenters. The van der Waals surface area contributed by atoms with Crippen LogP contribution in [0.1, 0.15) is 31.7 Å². The molecule has 0 heterocycles. The average Bonchev–Trinajstić information content (AvgIpc) is 2.26. The van der Waals surface area contributed by atoms with Gasteiger partial charge in [0.15, 0.2) is 11.6 Å². The molecule has 3 heteroatoms. The molecule has 1 rings (SSSR count). The summed E-state index contributed by atoms with van der Waals surface area (Å²) in [5.74, 6) is -0.0422. The van der Waals surface area contributed by atoms with Gasteiger partial charge in [0, 0.05) is 12.8 Å². The van der Waals surface area contributed by atoms with Gasteiger partial charge in [-0.25, -0.2) is 4.39 Å². The largest absolute Gasteiger partial charge is 0.494 e. The summed E-state index contributed by atoms with van der Waals surface area (Å²) in [6.07, 6.45) is 2.78. The van der Waals surface area contributed by atoms with E-state index in [0.717, 1.165) is 12.8 Å². The first-order chi connectivity index (χ1) is 7.67. The van der Waals surface area contributed by atoms with Crippen molar-refractivity contribution in [1.29, 1.82) is 0 Å². The van der Waals surface area contributed by atoms with Crippen molar-refractivity contribution in [1.82, 2.24) is 0 Å². The molecule has 0 aromatic heterocycles. The third-order valence-corrected chi connectivity index (χ3v) is 2.43. The molecular formula is C13H17FO2. The second-order valence-corrected chi connectivity index (χ2v) is 3.79. The van der Waals surface area contributed by atoms with Crippen LogP contribution in [0.5, 0.6) is 5.75 Å². The van der Waals surface area contributed by atoms with E-state index in [1.807, 2.05) is 6.92 Å². The summed E-state index contributed by atoms with van der Waals surface area (Å²) in [6, 6.07) is 4.65. The Bertz CT molecular complexity index is 361. The Kier molecular flexibility index (Phi) is 4.96. The van der Waals surface area contributed by atoms with Crippen LogP contribution in [0, 0.1) is 5.82 Å². The molecule has 0 saturated carbocycles. The smallest absolute Gasteiger partial charge is 0.165 e. The number of hydrogen-bond acceptors (Lipinski definition) is 2. The van der Waals surface area contributed by atoms with Crippen molar-refractivity contribution in [2.24, 2.45) is 0 Å². The molecule has 0 unspecified atom stereocenters. The minimum absolute atomic E-state index is 0.159. The lowest BCUT2D eigenvalue weighted by atomic mass is 10.0. The van der Waals surface area contributed by atoms with Crippen LogP contribution in [0.4, 0.5) is 4.39 Å². The zero-order valence-electron chi connectivity index (χ0n) is 9.75. The van der Waals surface area contributed by atoms with E-state index in [9.17, 15) is 9.18 Å². The molecular weight excluding hydrogens is 207 g/mol. The van der Waals surface area contributed by atoms with Crippen molar-refractivity contribution in [2.75, 3.05) is 7.11 Å². The lowest BCUT2D eigenvalue weighted by Gasteiger charge is -2.04. The minimum Gasteiger partial charge on any atom is -0.494 e. The second kappa shape index (κ2) is 6.26. The van der Waals surface area contributed by atoms with E-state index in [2.05, 4.69) is 0 Å². The topological polar surface area (TPSA) is 26.3 Å². The molecule has 0 aliphatic rings. The Labute approximate surface area is 95.4 Å². The first kappa shape index (κ1) is 12.7. The predicted octanol–water partition coefficient (Wildman–Crippen LogP) is 3.14. The van der Waals surface area contributed by atoms with Gasteiger partial charge in [-0.05, 0) is 24.1 Å². The molecule has 0 spiro atoms. The summed E-state index contributed by atoms with van der Waals surface area (Å²) >= 11 is 0. The quantitative estimate of drug-likeness (QED) is 0.742. The summed E-state index contributed by atoms with van der Waals surface area (Å²) in [4.78, 5) is 11.5. The molecule has 0 saturated heterocycles. The molecule has 0 aliphatic carbocycles. The van der Waals surface area contributed by atoms with Crippen LogP contribution >= 0.6 is 0 Å². The van der Waals surface area contributed by atoms with Crippen LogP contribution in [0.25, 0.3) is 0 Å². The molecule has 1 aromatic carbocycles. The molecule has 16 heavy (non-hydrogen) atoms. The molecule has 0 N–H and O–H groups in total. The van der Waals surface area contributed by atoms with Gasteiger partial charge in [0.25, 0.3) is 0 Å². The predicted molar refractivity (Wildman–Crippen MR) is 61.2 cm³/mol. The second-order valence-electron chi connectivity index (χ2n) is 3.79. The number of hydrogen-bond donors (Lipinski definition) is 0. The monoisotopic (exact) mass is 224 g/mol. The van der Waals surface area contributed by atoms with Gasteiger partial charge in [0.2, 0.25) is 0 Å². The van der Waals surface area contributed by atoms with Crippen molar-refractivity contribution < 1.29 is 13.9 Å². The number of unbranched alkanes of at least 4 members (excludes halogenated alkanes) is 1. The number of rotatable bonds is 6. The van der Waals surface area contributed by atoms with Gasteiger partial charge in [-0.1, -0.05) is 19.4 Å². The third kappa shape index (κ3) is 3.65. The van der Waals surface area contributed by atoms with Gasteiger partial charge >= 0.3 is 0 Å². The number of halogens is 1. The fourth-order valence-electron chi connectivity index (χ4n) is 1.51. The van der Waals surface area contributed by atoms with E-state index in [4.69, 9.17) is 4.74 Å². The lowest BCUT2D eigenvalue weighted by molar-refractivity contribution is -0.118. The van der Waals surface area contributed by atoms with Crippen molar-refractivity contribution in [3.05, 3.63) is 29.6 Å². The summed E-state index contributed by atoms with van der Waals surface area (Å²) in [7, 11) is 1.42. The Morgan fingerprint density at radius 1 is 1.44 bits per heavy atom. The van der Waals surface area contributed by atoms with Crippen molar-refractivity contribution in [3.63, 3.8) is 0 Å². The van der Waals surface area contributed by atoms with E-state index >= 15 is 0 Å². The average molecular weight is 224 g/mol. The minimum atomic E-state index is -0.414.